The zero-order chi connectivity index (χ0) is 15.3. The monoisotopic (exact) mass is 296 g/mol. The lowest BCUT2D eigenvalue weighted by Crippen LogP contribution is -2.56. The topological polar surface area (TPSA) is 50.4 Å². The Balaban J connectivity index is 1.90. The van der Waals surface area contributed by atoms with Crippen LogP contribution in [0.4, 0.5) is 0 Å². The van der Waals surface area contributed by atoms with Crippen molar-refractivity contribution in [3.63, 3.8) is 0 Å². The van der Waals surface area contributed by atoms with E-state index in [9.17, 15) is 4.79 Å². The summed E-state index contributed by atoms with van der Waals surface area (Å²) >= 11 is 0. The van der Waals surface area contributed by atoms with Crippen LogP contribution in [-0.2, 0) is 9.53 Å². The van der Waals surface area contributed by atoms with Gasteiger partial charge < -0.3 is 15.4 Å². The molecule has 2 atom stereocenters. The van der Waals surface area contributed by atoms with E-state index in [2.05, 4.69) is 24.5 Å². The molecule has 4 heteroatoms. The summed E-state index contributed by atoms with van der Waals surface area (Å²) < 4.78 is 5.61. The van der Waals surface area contributed by atoms with Crippen LogP contribution in [0.3, 0.4) is 0 Å². The molecule has 4 nitrogen and oxygen atoms in total. The number of ether oxygens (including phenoxy) is 1. The maximum absolute atomic E-state index is 12.7. The van der Waals surface area contributed by atoms with Gasteiger partial charge in [0, 0.05) is 13.2 Å². The zero-order valence-corrected chi connectivity index (χ0v) is 13.9. The van der Waals surface area contributed by atoms with Crippen LogP contribution in [0, 0.1) is 11.8 Å². The molecule has 122 valence electrons. The molecule has 2 unspecified atom stereocenters. The summed E-state index contributed by atoms with van der Waals surface area (Å²) in [6.45, 7) is 6.16. The molecule has 2 rings (SSSR count). The Morgan fingerprint density at radius 3 is 2.38 bits per heavy atom. The maximum Gasteiger partial charge on any atom is 0.252 e. The first-order valence-corrected chi connectivity index (χ1v) is 8.66. The number of carbonyl (C=O) groups excluding carboxylic acids is 1. The third kappa shape index (κ3) is 3.98. The molecule has 1 saturated heterocycles. The van der Waals surface area contributed by atoms with Gasteiger partial charge in [-0.05, 0) is 44.7 Å². The van der Waals surface area contributed by atoms with Crippen LogP contribution in [0.25, 0.3) is 0 Å². The first-order chi connectivity index (χ1) is 10.1. The molecule has 0 aromatic rings. The van der Waals surface area contributed by atoms with E-state index in [1.807, 2.05) is 0 Å². The molecule has 2 N–H and O–H groups in total. The molecule has 0 spiro atoms. The lowest BCUT2D eigenvalue weighted by atomic mass is 9.78. The van der Waals surface area contributed by atoms with Crippen LogP contribution in [0.1, 0.15) is 58.8 Å². The van der Waals surface area contributed by atoms with E-state index in [4.69, 9.17) is 4.74 Å². The maximum atomic E-state index is 12.7. The summed E-state index contributed by atoms with van der Waals surface area (Å²) in [6.07, 6.45) is 8.25. The van der Waals surface area contributed by atoms with Gasteiger partial charge in [0.05, 0.1) is 0 Å². The Morgan fingerprint density at radius 2 is 1.81 bits per heavy atom. The Kier molecular flexibility index (Phi) is 6.06. The van der Waals surface area contributed by atoms with Crippen molar-refractivity contribution in [2.24, 2.45) is 11.8 Å². The fraction of sp³-hybridized carbons (Fsp3) is 0.941. The highest BCUT2D eigenvalue weighted by Crippen LogP contribution is 2.32. The van der Waals surface area contributed by atoms with Gasteiger partial charge >= 0.3 is 0 Å². The zero-order valence-electron chi connectivity index (χ0n) is 13.9. The van der Waals surface area contributed by atoms with Crippen molar-refractivity contribution >= 4 is 5.91 Å². The minimum absolute atomic E-state index is 0.0849. The highest BCUT2D eigenvalue weighted by atomic mass is 16.5. The highest BCUT2D eigenvalue weighted by molar-refractivity contribution is 5.85. The van der Waals surface area contributed by atoms with Crippen molar-refractivity contribution in [1.29, 1.82) is 0 Å². The van der Waals surface area contributed by atoms with Crippen molar-refractivity contribution in [3.8, 4) is 0 Å². The fourth-order valence-electron chi connectivity index (χ4n) is 3.89. The van der Waals surface area contributed by atoms with Crippen molar-refractivity contribution < 1.29 is 9.53 Å². The summed E-state index contributed by atoms with van der Waals surface area (Å²) in [7, 11) is 1.67. The molecule has 1 saturated carbocycles. The van der Waals surface area contributed by atoms with E-state index in [0.29, 0.717) is 5.92 Å². The number of nitrogens with one attached hydrogen (secondary N) is 2. The van der Waals surface area contributed by atoms with Crippen LogP contribution >= 0.6 is 0 Å². The Hall–Kier alpha value is -0.610. The molecular weight excluding hydrogens is 264 g/mol. The van der Waals surface area contributed by atoms with Gasteiger partial charge in [0.25, 0.3) is 5.91 Å². The van der Waals surface area contributed by atoms with Gasteiger partial charge in [-0.3, -0.25) is 4.79 Å². The number of hydrogen-bond donors (Lipinski definition) is 2. The quantitative estimate of drug-likeness (QED) is 0.819. The normalized spacial score (nSPS) is 26.0. The summed E-state index contributed by atoms with van der Waals surface area (Å²) in [4.78, 5) is 12.7. The predicted octanol–water partition coefficient (Wildman–Crippen LogP) is 2.48. The number of methoxy groups -OCH3 is 1. The molecular formula is C17H32N2O2. The standard InChI is InChI=1S/C17H32N2O2/c1-13(15-7-5-4-6-8-15)14(2)19-16(20)17(21-3)9-11-18-12-10-17/h13-15,18H,4-12H2,1-3H3,(H,19,20). The van der Waals surface area contributed by atoms with E-state index in [1.165, 1.54) is 32.1 Å². The van der Waals surface area contributed by atoms with Gasteiger partial charge in [0.2, 0.25) is 0 Å². The highest BCUT2D eigenvalue weighted by Gasteiger charge is 2.40. The number of piperidine rings is 1. The van der Waals surface area contributed by atoms with Crippen LogP contribution in [0.2, 0.25) is 0 Å². The molecule has 0 aromatic carbocycles. The number of carbonyl (C=O) groups is 1. The van der Waals surface area contributed by atoms with Crippen LogP contribution in [0.15, 0.2) is 0 Å². The fourth-order valence-corrected chi connectivity index (χ4v) is 3.89. The van der Waals surface area contributed by atoms with Crippen molar-refractivity contribution in [2.75, 3.05) is 20.2 Å². The summed E-state index contributed by atoms with van der Waals surface area (Å²) in [6, 6.07) is 0.225. The number of amides is 1. The third-order valence-corrected chi connectivity index (χ3v) is 5.76. The van der Waals surface area contributed by atoms with Gasteiger partial charge in [0.15, 0.2) is 0 Å². The van der Waals surface area contributed by atoms with Crippen LogP contribution in [-0.4, -0.2) is 37.7 Å². The van der Waals surface area contributed by atoms with Crippen molar-refractivity contribution in [1.82, 2.24) is 10.6 Å². The Bertz CT molecular complexity index is 334. The first-order valence-electron chi connectivity index (χ1n) is 8.66. The Morgan fingerprint density at radius 1 is 1.19 bits per heavy atom. The second-order valence-electron chi connectivity index (χ2n) is 6.97. The lowest BCUT2D eigenvalue weighted by Gasteiger charge is -2.38. The van der Waals surface area contributed by atoms with Crippen molar-refractivity contribution in [2.45, 2.75) is 70.4 Å². The minimum Gasteiger partial charge on any atom is -0.368 e. The van der Waals surface area contributed by atoms with E-state index in [1.54, 1.807) is 7.11 Å². The largest absolute Gasteiger partial charge is 0.368 e. The SMILES string of the molecule is COC1(C(=O)NC(C)C(C)C2CCCCC2)CCNCC1. The minimum atomic E-state index is -0.619. The van der Waals surface area contributed by atoms with Gasteiger partial charge in [-0.1, -0.05) is 39.0 Å². The van der Waals surface area contributed by atoms with E-state index < -0.39 is 5.60 Å². The average molecular weight is 296 g/mol. The van der Waals surface area contributed by atoms with E-state index in [-0.39, 0.29) is 11.9 Å². The molecule has 0 bridgehead atoms. The summed E-state index contributed by atoms with van der Waals surface area (Å²) in [5.41, 5.74) is -0.619. The molecule has 2 aliphatic rings. The average Bonchev–Trinajstić information content (AvgIpc) is 2.55. The predicted molar refractivity (Wildman–Crippen MR) is 85.2 cm³/mol. The molecule has 1 aliphatic carbocycles. The summed E-state index contributed by atoms with van der Waals surface area (Å²) in [5, 5.41) is 6.54. The van der Waals surface area contributed by atoms with E-state index >= 15 is 0 Å². The molecule has 1 aliphatic heterocycles. The number of rotatable bonds is 5. The lowest BCUT2D eigenvalue weighted by molar-refractivity contribution is -0.147. The van der Waals surface area contributed by atoms with Gasteiger partial charge in [0.1, 0.15) is 5.60 Å². The van der Waals surface area contributed by atoms with Crippen molar-refractivity contribution in [3.05, 3.63) is 0 Å². The molecule has 1 amide bonds. The van der Waals surface area contributed by atoms with Gasteiger partial charge in [-0.15, -0.1) is 0 Å². The summed E-state index contributed by atoms with van der Waals surface area (Å²) in [5.74, 6) is 1.40. The number of hydrogen-bond acceptors (Lipinski definition) is 3. The first kappa shape index (κ1) is 16.8. The molecule has 1 heterocycles. The molecule has 2 fully saturated rings. The Labute approximate surface area is 129 Å². The molecule has 0 radical (unpaired) electrons. The van der Waals surface area contributed by atoms with Crippen LogP contribution < -0.4 is 10.6 Å². The second kappa shape index (κ2) is 7.59. The molecule has 0 aromatic heterocycles. The smallest absolute Gasteiger partial charge is 0.252 e. The second-order valence-corrected chi connectivity index (χ2v) is 6.97. The van der Waals surface area contributed by atoms with Crippen LogP contribution in [0.5, 0.6) is 0 Å². The van der Waals surface area contributed by atoms with E-state index in [0.717, 1.165) is 31.8 Å². The van der Waals surface area contributed by atoms with Gasteiger partial charge in [-0.2, -0.15) is 0 Å². The molecule has 21 heavy (non-hydrogen) atoms. The third-order valence-electron chi connectivity index (χ3n) is 5.76. The van der Waals surface area contributed by atoms with Gasteiger partial charge in [-0.25, -0.2) is 0 Å².